The third kappa shape index (κ3) is 3.66. The summed E-state index contributed by atoms with van der Waals surface area (Å²) < 4.78 is 13.4. The molecular formula is C12H18FN3O2. The van der Waals surface area contributed by atoms with Gasteiger partial charge in [0.1, 0.15) is 0 Å². The first-order valence-electron chi connectivity index (χ1n) is 5.83. The molecule has 1 aromatic rings. The molecule has 100 valence electrons. The number of benzene rings is 1. The minimum atomic E-state index is -0.834. The minimum Gasteiger partial charge on any atom is -0.385 e. The van der Waals surface area contributed by atoms with Crippen molar-refractivity contribution in [1.29, 1.82) is 0 Å². The fourth-order valence-electron chi connectivity index (χ4n) is 1.61. The maximum Gasteiger partial charge on any atom is 0.304 e. The summed E-state index contributed by atoms with van der Waals surface area (Å²) >= 11 is 0. The fourth-order valence-corrected chi connectivity index (χ4v) is 1.61. The molecule has 0 amide bonds. The standard InChI is InChI=1S/C12H18FN3O2/c1-8(2)9(6-14)7-15-10-3-4-12(16(17)18)11(13)5-10/h3-5,8-9,15H,6-7,14H2,1-2H3. The van der Waals surface area contributed by atoms with Crippen molar-refractivity contribution < 1.29 is 9.31 Å². The average molecular weight is 255 g/mol. The highest BCUT2D eigenvalue weighted by Gasteiger charge is 2.15. The Morgan fingerprint density at radius 2 is 2.17 bits per heavy atom. The van der Waals surface area contributed by atoms with Gasteiger partial charge in [-0.2, -0.15) is 4.39 Å². The molecule has 0 spiro atoms. The highest BCUT2D eigenvalue weighted by Crippen LogP contribution is 2.21. The van der Waals surface area contributed by atoms with E-state index in [4.69, 9.17) is 5.73 Å². The van der Waals surface area contributed by atoms with Crippen LogP contribution in [-0.4, -0.2) is 18.0 Å². The first kappa shape index (κ1) is 14.4. The van der Waals surface area contributed by atoms with Gasteiger partial charge in [-0.1, -0.05) is 13.8 Å². The topological polar surface area (TPSA) is 81.2 Å². The van der Waals surface area contributed by atoms with Gasteiger partial charge in [0.05, 0.1) is 4.92 Å². The molecule has 0 aliphatic rings. The van der Waals surface area contributed by atoms with Gasteiger partial charge in [0.2, 0.25) is 5.82 Å². The lowest BCUT2D eigenvalue weighted by Crippen LogP contribution is -2.27. The van der Waals surface area contributed by atoms with Crippen molar-refractivity contribution in [2.75, 3.05) is 18.4 Å². The summed E-state index contributed by atoms with van der Waals surface area (Å²) in [4.78, 5) is 9.72. The Balaban J connectivity index is 2.69. The molecule has 6 heteroatoms. The molecule has 0 aromatic heterocycles. The summed E-state index contributed by atoms with van der Waals surface area (Å²) in [6.07, 6.45) is 0. The number of rotatable bonds is 6. The third-order valence-corrected chi connectivity index (χ3v) is 2.96. The summed E-state index contributed by atoms with van der Waals surface area (Å²) in [7, 11) is 0. The lowest BCUT2D eigenvalue weighted by molar-refractivity contribution is -0.387. The second-order valence-corrected chi connectivity index (χ2v) is 4.54. The monoisotopic (exact) mass is 255 g/mol. The van der Waals surface area contributed by atoms with Crippen molar-refractivity contribution in [3.8, 4) is 0 Å². The Kier molecular flexibility index (Phi) is 5.03. The average Bonchev–Trinajstić information content (AvgIpc) is 2.28. The quantitative estimate of drug-likeness (QED) is 0.604. The Bertz CT molecular complexity index is 424. The summed E-state index contributed by atoms with van der Waals surface area (Å²) in [5.41, 5.74) is 5.64. The number of hydrogen-bond donors (Lipinski definition) is 2. The van der Waals surface area contributed by atoms with Gasteiger partial charge in [0.25, 0.3) is 0 Å². The van der Waals surface area contributed by atoms with Crippen LogP contribution >= 0.6 is 0 Å². The molecule has 0 aliphatic carbocycles. The van der Waals surface area contributed by atoms with Gasteiger partial charge >= 0.3 is 5.69 Å². The normalized spacial score (nSPS) is 12.5. The van der Waals surface area contributed by atoms with E-state index >= 15 is 0 Å². The molecule has 0 saturated heterocycles. The van der Waals surface area contributed by atoms with Crippen molar-refractivity contribution in [3.63, 3.8) is 0 Å². The van der Waals surface area contributed by atoms with Crippen molar-refractivity contribution in [3.05, 3.63) is 34.1 Å². The van der Waals surface area contributed by atoms with E-state index in [9.17, 15) is 14.5 Å². The van der Waals surface area contributed by atoms with Gasteiger partial charge in [0, 0.05) is 24.4 Å². The predicted octanol–water partition coefficient (Wildman–Crippen LogP) is 2.38. The van der Waals surface area contributed by atoms with Crippen LogP contribution in [0.2, 0.25) is 0 Å². The zero-order valence-electron chi connectivity index (χ0n) is 10.5. The zero-order valence-corrected chi connectivity index (χ0v) is 10.5. The maximum atomic E-state index is 13.4. The molecule has 0 radical (unpaired) electrons. The summed E-state index contributed by atoms with van der Waals surface area (Å²) in [6, 6.07) is 3.78. The highest BCUT2D eigenvalue weighted by atomic mass is 19.1. The van der Waals surface area contributed by atoms with Crippen molar-refractivity contribution in [1.82, 2.24) is 0 Å². The first-order valence-corrected chi connectivity index (χ1v) is 5.83. The van der Waals surface area contributed by atoms with Gasteiger partial charge in [-0.25, -0.2) is 0 Å². The molecule has 0 fully saturated rings. The van der Waals surface area contributed by atoms with Crippen molar-refractivity contribution in [2.45, 2.75) is 13.8 Å². The number of nitrogens with one attached hydrogen (secondary N) is 1. The minimum absolute atomic E-state index is 0.281. The van der Waals surface area contributed by atoms with E-state index in [1.165, 1.54) is 6.07 Å². The summed E-state index contributed by atoms with van der Waals surface area (Å²) in [5.74, 6) is -0.132. The van der Waals surface area contributed by atoms with Crippen LogP contribution in [0.5, 0.6) is 0 Å². The lowest BCUT2D eigenvalue weighted by atomic mass is 9.96. The molecule has 1 unspecified atom stereocenters. The van der Waals surface area contributed by atoms with Crippen LogP contribution in [0.3, 0.4) is 0 Å². The van der Waals surface area contributed by atoms with Gasteiger partial charge in [-0.3, -0.25) is 10.1 Å². The van der Waals surface area contributed by atoms with E-state index in [1.807, 2.05) is 0 Å². The smallest absolute Gasteiger partial charge is 0.304 e. The van der Waals surface area contributed by atoms with Crippen molar-refractivity contribution >= 4 is 11.4 Å². The molecule has 0 saturated carbocycles. The van der Waals surface area contributed by atoms with Crippen LogP contribution in [0.4, 0.5) is 15.8 Å². The van der Waals surface area contributed by atoms with Gasteiger partial charge < -0.3 is 11.1 Å². The van der Waals surface area contributed by atoms with Crippen LogP contribution in [-0.2, 0) is 0 Å². The van der Waals surface area contributed by atoms with E-state index in [0.717, 1.165) is 12.1 Å². The second-order valence-electron chi connectivity index (χ2n) is 4.54. The second kappa shape index (κ2) is 6.30. The molecule has 0 bridgehead atoms. The van der Waals surface area contributed by atoms with Crippen LogP contribution in [0, 0.1) is 27.8 Å². The Morgan fingerprint density at radius 1 is 1.50 bits per heavy atom. The lowest BCUT2D eigenvalue weighted by Gasteiger charge is -2.19. The summed E-state index contributed by atoms with van der Waals surface area (Å²) in [6.45, 7) is 5.29. The molecule has 1 rings (SSSR count). The maximum absolute atomic E-state index is 13.4. The largest absolute Gasteiger partial charge is 0.385 e. The third-order valence-electron chi connectivity index (χ3n) is 2.96. The number of nitro groups is 1. The Morgan fingerprint density at radius 3 is 2.61 bits per heavy atom. The number of nitrogens with zero attached hydrogens (tertiary/aromatic N) is 1. The Hall–Kier alpha value is -1.69. The van der Waals surface area contributed by atoms with Crippen LogP contribution < -0.4 is 11.1 Å². The molecule has 0 heterocycles. The van der Waals surface area contributed by atoms with Crippen LogP contribution in [0.15, 0.2) is 18.2 Å². The molecule has 1 aromatic carbocycles. The number of nitrogens with two attached hydrogens (primary N) is 1. The van der Waals surface area contributed by atoms with Gasteiger partial charge in [-0.05, 0) is 24.4 Å². The van der Waals surface area contributed by atoms with Crippen molar-refractivity contribution in [2.24, 2.45) is 17.6 Å². The fraction of sp³-hybridized carbons (Fsp3) is 0.500. The SMILES string of the molecule is CC(C)C(CN)CNc1ccc([N+](=O)[O-])c(F)c1. The number of hydrogen-bond acceptors (Lipinski definition) is 4. The van der Waals surface area contributed by atoms with E-state index in [-0.39, 0.29) is 5.92 Å². The van der Waals surface area contributed by atoms with E-state index < -0.39 is 16.4 Å². The van der Waals surface area contributed by atoms with E-state index in [2.05, 4.69) is 19.2 Å². The molecule has 3 N–H and O–H groups in total. The van der Waals surface area contributed by atoms with Gasteiger partial charge in [-0.15, -0.1) is 0 Å². The van der Waals surface area contributed by atoms with E-state index in [0.29, 0.717) is 24.7 Å². The number of halogens is 1. The van der Waals surface area contributed by atoms with Crippen LogP contribution in [0.25, 0.3) is 0 Å². The molecule has 18 heavy (non-hydrogen) atoms. The first-order chi connectivity index (χ1) is 8.45. The predicted molar refractivity (Wildman–Crippen MR) is 68.9 cm³/mol. The zero-order chi connectivity index (χ0) is 13.7. The number of anilines is 1. The molecule has 0 aliphatic heterocycles. The number of nitro benzene ring substituents is 1. The molecule has 1 atom stereocenters. The van der Waals surface area contributed by atoms with Crippen LogP contribution in [0.1, 0.15) is 13.8 Å². The molecule has 5 nitrogen and oxygen atoms in total. The highest BCUT2D eigenvalue weighted by molar-refractivity contribution is 5.49. The summed E-state index contributed by atoms with van der Waals surface area (Å²) in [5, 5.41) is 13.5. The Labute approximate surface area is 105 Å². The molecular weight excluding hydrogens is 237 g/mol. The van der Waals surface area contributed by atoms with E-state index in [1.54, 1.807) is 0 Å². The van der Waals surface area contributed by atoms with Gasteiger partial charge in [0.15, 0.2) is 0 Å².